The van der Waals surface area contributed by atoms with Gasteiger partial charge in [0.2, 0.25) is 0 Å². The van der Waals surface area contributed by atoms with Crippen LogP contribution in [-0.2, 0) is 13.0 Å². The zero-order chi connectivity index (χ0) is 15.5. The summed E-state index contributed by atoms with van der Waals surface area (Å²) in [6, 6.07) is 25.3. The monoisotopic (exact) mass is 337 g/mol. The van der Waals surface area contributed by atoms with Gasteiger partial charge in [0, 0.05) is 12.2 Å². The predicted octanol–water partition coefficient (Wildman–Crippen LogP) is 5.32. The minimum absolute atomic E-state index is 0. The number of fused-ring (bicyclic) bond motifs is 1. The molecule has 122 valence electrons. The molecule has 1 N–H and O–H groups in total. The van der Waals surface area contributed by atoms with E-state index in [2.05, 4.69) is 66.0 Å². The van der Waals surface area contributed by atoms with E-state index in [1.165, 1.54) is 27.9 Å². The van der Waals surface area contributed by atoms with E-state index in [1.54, 1.807) is 0 Å². The first-order valence-electron chi connectivity index (χ1n) is 8.02. The van der Waals surface area contributed by atoms with Gasteiger partial charge in [0.25, 0.3) is 0 Å². The summed E-state index contributed by atoms with van der Waals surface area (Å²) >= 11 is 0. The zero-order valence-electron chi connectivity index (χ0n) is 13.4. The molecule has 0 saturated carbocycles. The Morgan fingerprint density at radius 3 is 2.38 bits per heavy atom. The summed E-state index contributed by atoms with van der Waals surface area (Å²) in [5.41, 5.74) is 6.25. The molecule has 0 bridgehead atoms. The Morgan fingerprint density at radius 2 is 1.58 bits per heavy atom. The highest BCUT2D eigenvalue weighted by atomic mass is 35.5. The minimum Gasteiger partial charge on any atom is -0.489 e. The maximum absolute atomic E-state index is 5.94. The Balaban J connectivity index is 0.00000169. The lowest BCUT2D eigenvalue weighted by Crippen LogP contribution is -1.96. The third-order valence-corrected chi connectivity index (χ3v) is 4.25. The average molecular weight is 338 g/mol. The van der Waals surface area contributed by atoms with E-state index >= 15 is 0 Å². The molecule has 1 aliphatic rings. The highest BCUT2D eigenvalue weighted by Crippen LogP contribution is 2.27. The van der Waals surface area contributed by atoms with E-state index in [4.69, 9.17) is 4.74 Å². The van der Waals surface area contributed by atoms with Gasteiger partial charge in [-0.3, -0.25) is 0 Å². The van der Waals surface area contributed by atoms with Crippen LogP contribution in [-0.4, -0.2) is 6.54 Å². The molecule has 3 heteroatoms. The van der Waals surface area contributed by atoms with Crippen molar-refractivity contribution in [1.82, 2.24) is 0 Å². The first-order chi connectivity index (χ1) is 11.4. The van der Waals surface area contributed by atoms with Gasteiger partial charge in [0.05, 0.1) is 0 Å². The topological polar surface area (TPSA) is 21.3 Å². The molecule has 0 amide bonds. The van der Waals surface area contributed by atoms with E-state index in [0.717, 1.165) is 18.7 Å². The van der Waals surface area contributed by atoms with Crippen molar-refractivity contribution in [2.45, 2.75) is 13.0 Å². The predicted molar refractivity (Wildman–Crippen MR) is 102 cm³/mol. The van der Waals surface area contributed by atoms with Crippen LogP contribution in [0.1, 0.15) is 11.1 Å². The van der Waals surface area contributed by atoms with Crippen LogP contribution in [0.25, 0.3) is 11.1 Å². The fourth-order valence-corrected chi connectivity index (χ4v) is 2.96. The second-order valence-electron chi connectivity index (χ2n) is 5.85. The number of anilines is 1. The van der Waals surface area contributed by atoms with Gasteiger partial charge in [-0.1, -0.05) is 54.6 Å². The number of benzene rings is 3. The van der Waals surface area contributed by atoms with E-state index in [1.807, 2.05) is 12.1 Å². The maximum Gasteiger partial charge on any atom is 0.120 e. The molecule has 2 nitrogen and oxygen atoms in total. The van der Waals surface area contributed by atoms with E-state index in [0.29, 0.717) is 6.61 Å². The molecule has 0 aromatic heterocycles. The number of hydrogen-bond acceptors (Lipinski definition) is 2. The van der Waals surface area contributed by atoms with Crippen LogP contribution in [0.3, 0.4) is 0 Å². The molecule has 1 aliphatic heterocycles. The lowest BCUT2D eigenvalue weighted by Gasteiger charge is -2.09. The van der Waals surface area contributed by atoms with Crippen LogP contribution >= 0.6 is 12.4 Å². The normalized spacial score (nSPS) is 12.0. The summed E-state index contributed by atoms with van der Waals surface area (Å²) in [6.07, 6.45) is 1.08. The Morgan fingerprint density at radius 1 is 0.833 bits per heavy atom. The first-order valence-corrected chi connectivity index (χ1v) is 8.02. The number of rotatable bonds is 4. The molecule has 3 aromatic carbocycles. The molecule has 24 heavy (non-hydrogen) atoms. The summed E-state index contributed by atoms with van der Waals surface area (Å²) in [7, 11) is 0. The molecule has 0 atom stereocenters. The fourth-order valence-electron chi connectivity index (χ4n) is 2.96. The van der Waals surface area contributed by atoms with Gasteiger partial charge in [-0.25, -0.2) is 0 Å². The molecule has 0 unspecified atom stereocenters. The molecule has 1 heterocycles. The van der Waals surface area contributed by atoms with E-state index in [9.17, 15) is 0 Å². The molecule has 4 rings (SSSR count). The Hall–Kier alpha value is -2.45. The molecule has 0 aliphatic carbocycles. The summed E-state index contributed by atoms with van der Waals surface area (Å²) in [5.74, 6) is 0.944. The van der Waals surface area contributed by atoms with Crippen LogP contribution in [0, 0.1) is 0 Å². The minimum atomic E-state index is 0. The van der Waals surface area contributed by atoms with Crippen molar-refractivity contribution in [1.29, 1.82) is 0 Å². The molecule has 0 fully saturated rings. The zero-order valence-corrected chi connectivity index (χ0v) is 14.2. The van der Waals surface area contributed by atoms with Crippen molar-refractivity contribution >= 4 is 18.1 Å². The Kier molecular flexibility index (Phi) is 5.07. The number of halogens is 1. The van der Waals surface area contributed by atoms with Gasteiger partial charge >= 0.3 is 0 Å². The third kappa shape index (κ3) is 3.55. The lowest BCUT2D eigenvalue weighted by molar-refractivity contribution is 0.306. The largest absolute Gasteiger partial charge is 0.489 e. The highest BCUT2D eigenvalue weighted by molar-refractivity contribution is 5.85. The SMILES string of the molecule is Cl.c1ccc(-c2ccc(COc3ccc4c(c3)CCN4)cc2)cc1. The van der Waals surface area contributed by atoms with Crippen molar-refractivity contribution in [2.24, 2.45) is 0 Å². The molecule has 0 radical (unpaired) electrons. The average Bonchev–Trinajstić information content (AvgIpc) is 3.09. The van der Waals surface area contributed by atoms with Crippen LogP contribution in [0.5, 0.6) is 5.75 Å². The van der Waals surface area contributed by atoms with Gasteiger partial charge in [0.15, 0.2) is 0 Å². The van der Waals surface area contributed by atoms with Crippen molar-refractivity contribution < 1.29 is 4.74 Å². The molecular weight excluding hydrogens is 318 g/mol. The Labute approximate surface area is 148 Å². The Bertz CT molecular complexity index is 800. The van der Waals surface area contributed by atoms with E-state index < -0.39 is 0 Å². The first kappa shape index (κ1) is 16.4. The van der Waals surface area contributed by atoms with Gasteiger partial charge in [0.1, 0.15) is 12.4 Å². The summed E-state index contributed by atoms with van der Waals surface area (Å²) < 4.78 is 5.94. The van der Waals surface area contributed by atoms with Crippen LogP contribution in [0.2, 0.25) is 0 Å². The van der Waals surface area contributed by atoms with Crippen molar-refractivity contribution in [3.63, 3.8) is 0 Å². The quantitative estimate of drug-likeness (QED) is 0.695. The van der Waals surface area contributed by atoms with Crippen LogP contribution in [0.4, 0.5) is 5.69 Å². The summed E-state index contributed by atoms with van der Waals surface area (Å²) in [5, 5.41) is 3.37. The smallest absolute Gasteiger partial charge is 0.120 e. The van der Waals surface area contributed by atoms with Gasteiger partial charge in [-0.05, 0) is 46.9 Å². The number of nitrogens with one attached hydrogen (secondary N) is 1. The second-order valence-corrected chi connectivity index (χ2v) is 5.85. The maximum atomic E-state index is 5.94. The number of ether oxygens (including phenoxy) is 1. The van der Waals surface area contributed by atoms with E-state index in [-0.39, 0.29) is 12.4 Å². The van der Waals surface area contributed by atoms with Gasteiger partial charge in [-0.2, -0.15) is 0 Å². The summed E-state index contributed by atoms with van der Waals surface area (Å²) in [6.45, 7) is 1.63. The molecule has 3 aromatic rings. The highest BCUT2D eigenvalue weighted by Gasteiger charge is 2.10. The molecule has 0 spiro atoms. The van der Waals surface area contributed by atoms with Crippen LogP contribution in [0.15, 0.2) is 72.8 Å². The lowest BCUT2D eigenvalue weighted by atomic mass is 10.0. The summed E-state index contributed by atoms with van der Waals surface area (Å²) in [4.78, 5) is 0. The standard InChI is InChI=1S/C21H19NO.ClH/c1-2-4-17(5-3-1)18-8-6-16(7-9-18)15-23-20-10-11-21-19(14-20)12-13-22-21;/h1-11,14,22H,12-13,15H2;1H. The van der Waals surface area contributed by atoms with Gasteiger partial charge < -0.3 is 10.1 Å². The van der Waals surface area contributed by atoms with Crippen LogP contribution < -0.4 is 10.1 Å². The second kappa shape index (κ2) is 7.41. The van der Waals surface area contributed by atoms with Crippen molar-refractivity contribution in [3.05, 3.63) is 83.9 Å². The van der Waals surface area contributed by atoms with Crippen molar-refractivity contribution in [2.75, 3.05) is 11.9 Å². The fraction of sp³-hybridized carbons (Fsp3) is 0.143. The van der Waals surface area contributed by atoms with Crippen molar-refractivity contribution in [3.8, 4) is 16.9 Å². The third-order valence-electron chi connectivity index (χ3n) is 4.25. The molecular formula is C21H20ClNO. The van der Waals surface area contributed by atoms with Gasteiger partial charge in [-0.15, -0.1) is 12.4 Å². The molecule has 0 saturated heterocycles. The number of hydrogen-bond donors (Lipinski definition) is 1.